The first-order valence-corrected chi connectivity index (χ1v) is 7.47. The zero-order valence-electron chi connectivity index (χ0n) is 9.27. The number of fused-ring (bicyclic) bond motifs is 1. The quantitative estimate of drug-likeness (QED) is 0.713. The monoisotopic (exact) mass is 240 g/mol. The Morgan fingerprint density at radius 2 is 2.00 bits per heavy atom. The standard InChI is InChI=1S/C12H16OS2/c1-8(2)13-12-9(3)10-6-4-5-7-11(10)14-15-12/h4-9,12H,1-3H3. The molecular weight excluding hydrogens is 224 g/mol. The maximum Gasteiger partial charge on any atom is 0.120 e. The molecule has 0 amide bonds. The molecule has 0 radical (unpaired) electrons. The Bertz CT molecular complexity index is 338. The maximum atomic E-state index is 5.90. The number of benzene rings is 1. The van der Waals surface area contributed by atoms with Crippen molar-refractivity contribution in [1.82, 2.24) is 0 Å². The summed E-state index contributed by atoms with van der Waals surface area (Å²) in [6, 6.07) is 8.61. The Morgan fingerprint density at radius 1 is 1.27 bits per heavy atom. The van der Waals surface area contributed by atoms with Gasteiger partial charge in [-0.2, -0.15) is 0 Å². The highest BCUT2D eigenvalue weighted by molar-refractivity contribution is 8.77. The van der Waals surface area contributed by atoms with Gasteiger partial charge in [0.25, 0.3) is 0 Å². The van der Waals surface area contributed by atoms with E-state index >= 15 is 0 Å². The number of ether oxygens (including phenoxy) is 1. The second kappa shape index (κ2) is 4.81. The highest BCUT2D eigenvalue weighted by atomic mass is 33.1. The van der Waals surface area contributed by atoms with E-state index in [0.717, 1.165) is 0 Å². The zero-order valence-corrected chi connectivity index (χ0v) is 10.9. The molecule has 0 spiro atoms. The summed E-state index contributed by atoms with van der Waals surface area (Å²) in [6.07, 6.45) is 0.302. The number of hydrogen-bond acceptors (Lipinski definition) is 3. The van der Waals surface area contributed by atoms with Crippen LogP contribution in [0, 0.1) is 0 Å². The Balaban J connectivity index is 2.18. The van der Waals surface area contributed by atoms with Crippen LogP contribution in [0.3, 0.4) is 0 Å². The lowest BCUT2D eigenvalue weighted by Gasteiger charge is -2.30. The van der Waals surface area contributed by atoms with Gasteiger partial charge in [0, 0.05) is 10.8 Å². The topological polar surface area (TPSA) is 9.23 Å². The Labute approximate surface area is 99.4 Å². The average Bonchev–Trinajstić information content (AvgIpc) is 2.22. The lowest BCUT2D eigenvalue weighted by molar-refractivity contribution is 0.0479. The number of rotatable bonds is 2. The highest BCUT2D eigenvalue weighted by Crippen LogP contribution is 2.49. The highest BCUT2D eigenvalue weighted by Gasteiger charge is 2.28. The van der Waals surface area contributed by atoms with E-state index in [1.807, 2.05) is 21.6 Å². The van der Waals surface area contributed by atoms with Gasteiger partial charge in [0.2, 0.25) is 0 Å². The van der Waals surface area contributed by atoms with Gasteiger partial charge >= 0.3 is 0 Å². The third kappa shape index (κ3) is 2.52. The summed E-state index contributed by atoms with van der Waals surface area (Å²) in [6.45, 7) is 6.44. The molecule has 82 valence electrons. The molecule has 2 unspecified atom stereocenters. The molecule has 1 heterocycles. The smallest absolute Gasteiger partial charge is 0.120 e. The van der Waals surface area contributed by atoms with Crippen LogP contribution >= 0.6 is 21.6 Å². The van der Waals surface area contributed by atoms with Gasteiger partial charge in [-0.3, -0.25) is 0 Å². The number of hydrogen-bond donors (Lipinski definition) is 0. The molecule has 3 heteroatoms. The van der Waals surface area contributed by atoms with E-state index in [0.29, 0.717) is 12.0 Å². The molecule has 15 heavy (non-hydrogen) atoms. The maximum absolute atomic E-state index is 5.90. The summed E-state index contributed by atoms with van der Waals surface area (Å²) < 4.78 is 5.90. The molecule has 0 saturated carbocycles. The van der Waals surface area contributed by atoms with Gasteiger partial charge in [0.15, 0.2) is 0 Å². The van der Waals surface area contributed by atoms with E-state index in [1.54, 1.807) is 0 Å². The molecule has 0 aromatic heterocycles. The minimum Gasteiger partial charge on any atom is -0.363 e. The molecular formula is C12H16OS2. The predicted molar refractivity (Wildman–Crippen MR) is 68.3 cm³/mol. The minimum atomic E-state index is 0.282. The first kappa shape index (κ1) is 11.4. The third-order valence-electron chi connectivity index (χ3n) is 2.46. The van der Waals surface area contributed by atoms with Crippen LogP contribution in [0.25, 0.3) is 0 Å². The van der Waals surface area contributed by atoms with E-state index in [2.05, 4.69) is 45.0 Å². The molecule has 1 nitrogen and oxygen atoms in total. The zero-order chi connectivity index (χ0) is 10.8. The van der Waals surface area contributed by atoms with Crippen molar-refractivity contribution in [2.45, 2.75) is 43.1 Å². The van der Waals surface area contributed by atoms with Crippen molar-refractivity contribution in [3.05, 3.63) is 29.8 Å². The van der Waals surface area contributed by atoms with Crippen LogP contribution in [0.5, 0.6) is 0 Å². The van der Waals surface area contributed by atoms with Gasteiger partial charge in [0.05, 0.1) is 6.10 Å². The van der Waals surface area contributed by atoms with Crippen molar-refractivity contribution < 1.29 is 4.74 Å². The van der Waals surface area contributed by atoms with Gasteiger partial charge in [-0.15, -0.1) is 0 Å². The predicted octanol–water partition coefficient (Wildman–Crippen LogP) is 4.30. The second-order valence-corrected chi connectivity index (χ2v) is 6.40. The van der Waals surface area contributed by atoms with Crippen LogP contribution in [0.1, 0.15) is 32.3 Å². The summed E-state index contributed by atoms with van der Waals surface area (Å²) in [7, 11) is 3.67. The van der Waals surface area contributed by atoms with Gasteiger partial charge in [-0.05, 0) is 25.5 Å². The molecule has 1 aliphatic heterocycles. The molecule has 1 aromatic carbocycles. The lowest BCUT2D eigenvalue weighted by Crippen LogP contribution is -2.22. The summed E-state index contributed by atoms with van der Waals surface area (Å²) in [5, 5.41) is 0. The third-order valence-corrected chi connectivity index (χ3v) is 5.21. The molecule has 0 bridgehead atoms. The summed E-state index contributed by atoms with van der Waals surface area (Å²) in [5.74, 6) is 0.481. The average molecular weight is 240 g/mol. The first-order chi connectivity index (χ1) is 7.18. The molecule has 2 rings (SSSR count). The Morgan fingerprint density at radius 3 is 2.73 bits per heavy atom. The van der Waals surface area contributed by atoms with Gasteiger partial charge in [-0.25, -0.2) is 0 Å². The van der Waals surface area contributed by atoms with E-state index in [4.69, 9.17) is 4.74 Å². The first-order valence-electron chi connectivity index (χ1n) is 5.26. The fraction of sp³-hybridized carbons (Fsp3) is 0.500. The molecule has 0 saturated heterocycles. The fourth-order valence-electron chi connectivity index (χ4n) is 1.67. The molecule has 0 aliphatic carbocycles. The van der Waals surface area contributed by atoms with Crippen molar-refractivity contribution >= 4 is 21.6 Å². The summed E-state index contributed by atoms with van der Waals surface area (Å²) >= 11 is 0. The van der Waals surface area contributed by atoms with Crippen molar-refractivity contribution in [1.29, 1.82) is 0 Å². The molecule has 1 aliphatic rings. The van der Waals surface area contributed by atoms with E-state index in [1.165, 1.54) is 10.5 Å². The van der Waals surface area contributed by atoms with Gasteiger partial charge < -0.3 is 4.74 Å². The SMILES string of the molecule is CC(C)OC1SSc2ccccc2C1C. The van der Waals surface area contributed by atoms with Crippen molar-refractivity contribution in [2.24, 2.45) is 0 Å². The molecule has 0 fully saturated rings. The van der Waals surface area contributed by atoms with Crippen LogP contribution in [-0.2, 0) is 4.74 Å². The Kier molecular flexibility index (Phi) is 3.65. The Hall–Kier alpha value is -0.120. The fourth-order valence-corrected chi connectivity index (χ4v) is 4.62. The van der Waals surface area contributed by atoms with E-state index in [-0.39, 0.29) is 5.44 Å². The van der Waals surface area contributed by atoms with Crippen molar-refractivity contribution in [3.63, 3.8) is 0 Å². The van der Waals surface area contributed by atoms with Crippen molar-refractivity contribution in [3.8, 4) is 0 Å². The normalized spacial score (nSPS) is 25.3. The van der Waals surface area contributed by atoms with Gasteiger partial charge in [0.1, 0.15) is 5.44 Å². The second-order valence-electron chi connectivity index (χ2n) is 4.06. The molecule has 0 N–H and O–H groups in total. The van der Waals surface area contributed by atoms with E-state index < -0.39 is 0 Å². The van der Waals surface area contributed by atoms with E-state index in [9.17, 15) is 0 Å². The van der Waals surface area contributed by atoms with Crippen LogP contribution in [0.4, 0.5) is 0 Å². The van der Waals surface area contributed by atoms with Crippen LogP contribution in [-0.4, -0.2) is 11.5 Å². The summed E-state index contributed by atoms with van der Waals surface area (Å²) in [5.41, 5.74) is 1.71. The molecule has 2 atom stereocenters. The van der Waals surface area contributed by atoms with Crippen LogP contribution in [0.15, 0.2) is 29.2 Å². The van der Waals surface area contributed by atoms with Crippen LogP contribution in [0.2, 0.25) is 0 Å². The van der Waals surface area contributed by atoms with Crippen molar-refractivity contribution in [2.75, 3.05) is 0 Å². The lowest BCUT2D eigenvalue weighted by atomic mass is 10.0. The molecule has 1 aromatic rings. The van der Waals surface area contributed by atoms with Gasteiger partial charge in [-0.1, -0.05) is 46.7 Å². The van der Waals surface area contributed by atoms with Crippen LogP contribution < -0.4 is 0 Å². The minimum absolute atomic E-state index is 0.282. The summed E-state index contributed by atoms with van der Waals surface area (Å²) in [4.78, 5) is 1.39. The largest absolute Gasteiger partial charge is 0.363 e.